The average molecular weight is 222 g/mol. The molecule has 0 aliphatic carbocycles. The second-order valence-electron chi connectivity index (χ2n) is 3.28. The normalized spacial score (nSPS) is 10.4. The van der Waals surface area contributed by atoms with Crippen molar-refractivity contribution < 1.29 is 4.92 Å². The number of aromatic nitrogens is 4. The highest BCUT2D eigenvalue weighted by molar-refractivity contribution is 5.60. The van der Waals surface area contributed by atoms with Crippen molar-refractivity contribution in [1.29, 1.82) is 0 Å². The van der Waals surface area contributed by atoms with Gasteiger partial charge in [-0.2, -0.15) is 5.10 Å². The first kappa shape index (κ1) is 10.1. The highest BCUT2D eigenvalue weighted by Gasteiger charge is 2.20. The Morgan fingerprint density at radius 3 is 2.81 bits per heavy atom. The quantitative estimate of drug-likeness (QED) is 0.612. The van der Waals surface area contributed by atoms with E-state index in [1.165, 1.54) is 10.9 Å². The van der Waals surface area contributed by atoms with Crippen molar-refractivity contribution in [2.75, 3.05) is 5.32 Å². The summed E-state index contributed by atoms with van der Waals surface area (Å²) >= 11 is 0. The number of imidazole rings is 1. The molecule has 16 heavy (non-hydrogen) atoms. The van der Waals surface area contributed by atoms with Gasteiger partial charge >= 0.3 is 5.82 Å². The predicted molar refractivity (Wildman–Crippen MR) is 56.4 cm³/mol. The fourth-order valence-electron chi connectivity index (χ4n) is 1.30. The molecule has 1 N–H and O–H groups in total. The van der Waals surface area contributed by atoms with Crippen molar-refractivity contribution in [3.63, 3.8) is 0 Å². The van der Waals surface area contributed by atoms with E-state index in [4.69, 9.17) is 0 Å². The Hall–Kier alpha value is -2.38. The minimum absolute atomic E-state index is 0.215. The van der Waals surface area contributed by atoms with Gasteiger partial charge in [-0.25, -0.2) is 0 Å². The van der Waals surface area contributed by atoms with E-state index in [0.29, 0.717) is 11.6 Å². The summed E-state index contributed by atoms with van der Waals surface area (Å²) in [5, 5.41) is 17.6. The van der Waals surface area contributed by atoms with E-state index in [9.17, 15) is 10.1 Å². The van der Waals surface area contributed by atoms with Gasteiger partial charge in [0.05, 0.1) is 0 Å². The van der Waals surface area contributed by atoms with E-state index >= 15 is 0 Å². The molecule has 0 spiro atoms. The van der Waals surface area contributed by atoms with Crippen molar-refractivity contribution in [1.82, 2.24) is 19.3 Å². The smallest absolute Gasteiger partial charge is 0.358 e. The molecule has 2 aromatic heterocycles. The van der Waals surface area contributed by atoms with Crippen LogP contribution in [0.2, 0.25) is 0 Å². The molecule has 0 saturated carbocycles. The summed E-state index contributed by atoms with van der Waals surface area (Å²) in [7, 11) is 3.44. The molecule has 8 nitrogen and oxygen atoms in total. The van der Waals surface area contributed by atoms with Gasteiger partial charge in [-0.3, -0.25) is 9.25 Å². The molecule has 2 heterocycles. The molecule has 0 unspecified atom stereocenters. The first-order valence-corrected chi connectivity index (χ1v) is 4.50. The van der Waals surface area contributed by atoms with Gasteiger partial charge in [0, 0.05) is 26.4 Å². The Morgan fingerprint density at radius 2 is 2.25 bits per heavy atom. The maximum absolute atomic E-state index is 10.7. The lowest BCUT2D eigenvalue weighted by Crippen LogP contribution is -2.01. The monoisotopic (exact) mass is 222 g/mol. The van der Waals surface area contributed by atoms with Crippen molar-refractivity contribution >= 4 is 17.5 Å². The zero-order chi connectivity index (χ0) is 11.7. The lowest BCUT2D eigenvalue weighted by atomic mass is 10.5. The Kier molecular flexibility index (Phi) is 2.31. The van der Waals surface area contributed by atoms with E-state index in [1.54, 1.807) is 31.0 Å². The zero-order valence-electron chi connectivity index (χ0n) is 8.78. The third kappa shape index (κ3) is 1.72. The first-order chi connectivity index (χ1) is 7.58. The summed E-state index contributed by atoms with van der Waals surface area (Å²) < 4.78 is 3.14. The molecular formula is C8H10N6O2. The van der Waals surface area contributed by atoms with Gasteiger partial charge in [0.25, 0.3) is 0 Å². The van der Waals surface area contributed by atoms with Crippen molar-refractivity contribution in [3.05, 3.63) is 28.7 Å². The molecule has 84 valence electrons. The Morgan fingerprint density at radius 1 is 1.50 bits per heavy atom. The fourth-order valence-corrected chi connectivity index (χ4v) is 1.30. The summed E-state index contributed by atoms with van der Waals surface area (Å²) in [6.45, 7) is 0. The molecule has 0 aliphatic heterocycles. The molecule has 0 aliphatic rings. The minimum Gasteiger partial charge on any atom is -0.358 e. The fraction of sp³-hybridized carbons (Fsp3) is 0.250. The molecule has 0 fully saturated rings. The molecule has 8 heteroatoms. The van der Waals surface area contributed by atoms with Crippen LogP contribution in [0.3, 0.4) is 0 Å². The van der Waals surface area contributed by atoms with Crippen LogP contribution in [0.25, 0.3) is 0 Å². The maximum atomic E-state index is 10.7. The standard InChI is InChI=1S/C8H10N6O2/c1-12-5-9-7(14(15)16)8(12)10-6-3-4-13(2)11-6/h3-5H,1-2H3,(H,10,11). The number of hydrogen-bond donors (Lipinski definition) is 1. The SMILES string of the molecule is Cn1ccc(Nc2c([N+](=O)[O-])ncn2C)n1. The topological polar surface area (TPSA) is 90.8 Å². The molecular weight excluding hydrogens is 212 g/mol. The third-order valence-electron chi connectivity index (χ3n) is 2.05. The highest BCUT2D eigenvalue weighted by atomic mass is 16.6. The van der Waals surface area contributed by atoms with Gasteiger partial charge in [0.2, 0.25) is 12.1 Å². The van der Waals surface area contributed by atoms with Gasteiger partial charge in [-0.05, 0) is 9.91 Å². The number of nitro groups is 1. The molecule has 2 aromatic rings. The van der Waals surface area contributed by atoms with Gasteiger partial charge in [-0.1, -0.05) is 0 Å². The summed E-state index contributed by atoms with van der Waals surface area (Å²) in [6, 6.07) is 1.72. The first-order valence-electron chi connectivity index (χ1n) is 4.50. The van der Waals surface area contributed by atoms with Gasteiger partial charge in [0.1, 0.15) is 0 Å². The summed E-state index contributed by atoms with van der Waals surface area (Å²) in [6.07, 6.45) is 3.12. The van der Waals surface area contributed by atoms with Crippen molar-refractivity contribution in [2.24, 2.45) is 14.1 Å². The average Bonchev–Trinajstić information content (AvgIpc) is 2.76. The maximum Gasteiger partial charge on any atom is 0.406 e. The number of anilines is 2. The molecule has 0 amide bonds. The van der Waals surface area contributed by atoms with Crippen LogP contribution in [0.15, 0.2) is 18.6 Å². The van der Waals surface area contributed by atoms with Crippen LogP contribution < -0.4 is 5.32 Å². The summed E-state index contributed by atoms with van der Waals surface area (Å²) in [4.78, 5) is 13.8. The molecule has 2 rings (SSSR count). The zero-order valence-corrected chi connectivity index (χ0v) is 8.78. The Balaban J connectivity index is 2.33. The van der Waals surface area contributed by atoms with Crippen molar-refractivity contribution in [2.45, 2.75) is 0 Å². The lowest BCUT2D eigenvalue weighted by molar-refractivity contribution is -0.388. The lowest BCUT2D eigenvalue weighted by Gasteiger charge is -2.02. The van der Waals surface area contributed by atoms with Gasteiger partial charge in [-0.15, -0.1) is 0 Å². The summed E-state index contributed by atoms with van der Waals surface area (Å²) in [5.74, 6) is 0.631. The van der Waals surface area contributed by atoms with E-state index < -0.39 is 4.92 Å². The number of aryl methyl sites for hydroxylation is 2. The molecule has 0 saturated heterocycles. The van der Waals surface area contributed by atoms with Crippen molar-refractivity contribution in [3.8, 4) is 0 Å². The van der Waals surface area contributed by atoms with Crippen LogP contribution in [0.1, 0.15) is 0 Å². The molecule has 0 radical (unpaired) electrons. The second-order valence-corrected chi connectivity index (χ2v) is 3.28. The second kappa shape index (κ2) is 3.65. The van der Waals surface area contributed by atoms with Crippen LogP contribution in [-0.2, 0) is 14.1 Å². The van der Waals surface area contributed by atoms with Gasteiger partial charge < -0.3 is 15.4 Å². The van der Waals surface area contributed by atoms with E-state index in [-0.39, 0.29) is 5.82 Å². The van der Waals surface area contributed by atoms with Crippen LogP contribution in [0, 0.1) is 10.1 Å². The number of nitrogens with one attached hydrogen (secondary N) is 1. The molecule has 0 bridgehead atoms. The number of nitrogens with zero attached hydrogens (tertiary/aromatic N) is 5. The van der Waals surface area contributed by atoms with E-state index in [2.05, 4.69) is 15.4 Å². The molecule has 0 aromatic carbocycles. The largest absolute Gasteiger partial charge is 0.406 e. The van der Waals surface area contributed by atoms with Crippen LogP contribution >= 0.6 is 0 Å². The number of rotatable bonds is 3. The predicted octanol–water partition coefficient (Wildman–Crippen LogP) is 0.805. The van der Waals surface area contributed by atoms with E-state index in [0.717, 1.165) is 0 Å². The minimum atomic E-state index is -0.536. The molecule has 0 atom stereocenters. The summed E-state index contributed by atoms with van der Waals surface area (Å²) in [5.41, 5.74) is 0. The van der Waals surface area contributed by atoms with Crippen LogP contribution in [-0.4, -0.2) is 24.3 Å². The van der Waals surface area contributed by atoms with Crippen LogP contribution in [0.4, 0.5) is 17.5 Å². The third-order valence-corrected chi connectivity index (χ3v) is 2.05. The van der Waals surface area contributed by atoms with Gasteiger partial charge in [0.15, 0.2) is 5.82 Å². The van der Waals surface area contributed by atoms with E-state index in [1.807, 2.05) is 0 Å². The van der Waals surface area contributed by atoms with Crippen LogP contribution in [0.5, 0.6) is 0 Å². The Bertz CT molecular complexity index is 528. The Labute approximate surface area is 90.7 Å². The number of hydrogen-bond acceptors (Lipinski definition) is 5. The highest BCUT2D eigenvalue weighted by Crippen LogP contribution is 2.24.